The van der Waals surface area contributed by atoms with Crippen LogP contribution in [0.25, 0.3) is 0 Å². The summed E-state index contributed by atoms with van der Waals surface area (Å²) in [4.78, 5) is 19.3. The molecule has 1 amide bonds. The summed E-state index contributed by atoms with van der Waals surface area (Å²) < 4.78 is 10.8. The second-order valence-corrected chi connectivity index (χ2v) is 7.71. The topological polar surface area (TPSA) is 71.3 Å². The summed E-state index contributed by atoms with van der Waals surface area (Å²) in [7, 11) is 5.00. The minimum Gasteiger partial charge on any atom is -0.496 e. The van der Waals surface area contributed by atoms with Crippen LogP contribution in [0.5, 0.6) is 11.5 Å². The molecule has 0 bridgehead atoms. The van der Waals surface area contributed by atoms with Gasteiger partial charge in [-0.15, -0.1) is 0 Å². The largest absolute Gasteiger partial charge is 0.496 e. The average molecular weight is 433 g/mol. The predicted molar refractivity (Wildman–Crippen MR) is 121 cm³/mol. The van der Waals surface area contributed by atoms with Crippen LogP contribution in [0.2, 0.25) is 5.02 Å². The van der Waals surface area contributed by atoms with Gasteiger partial charge in [0.25, 0.3) is 5.91 Å². The molecule has 2 N–H and O–H groups in total. The minimum absolute atomic E-state index is 0.138. The molecule has 7 nitrogen and oxygen atoms in total. The van der Waals surface area contributed by atoms with E-state index in [9.17, 15) is 4.79 Å². The molecule has 0 atom stereocenters. The fraction of sp³-hybridized carbons (Fsp3) is 0.409. The first-order valence-electron chi connectivity index (χ1n) is 9.93. The van der Waals surface area contributed by atoms with Crippen molar-refractivity contribution in [2.45, 2.75) is 0 Å². The molecule has 2 aromatic carbocycles. The Kier molecular flexibility index (Phi) is 7.29. The summed E-state index contributed by atoms with van der Waals surface area (Å²) in [5, 5.41) is 0.347. The Labute approximate surface area is 182 Å². The maximum atomic E-state index is 12.9. The number of nitrogens with two attached hydrogens (primary N) is 1. The van der Waals surface area contributed by atoms with Crippen molar-refractivity contribution in [2.75, 3.05) is 71.2 Å². The number of amides is 1. The highest BCUT2D eigenvalue weighted by Gasteiger charge is 2.22. The summed E-state index contributed by atoms with van der Waals surface area (Å²) >= 11 is 6.10. The van der Waals surface area contributed by atoms with Gasteiger partial charge in [0.2, 0.25) is 0 Å². The number of methoxy groups -OCH3 is 2. The first kappa shape index (κ1) is 22.1. The molecule has 0 aromatic heterocycles. The third-order valence-corrected chi connectivity index (χ3v) is 5.77. The molecule has 162 valence electrons. The molecule has 1 saturated heterocycles. The van der Waals surface area contributed by atoms with Crippen LogP contribution in [-0.4, -0.2) is 76.2 Å². The smallest absolute Gasteiger partial charge is 0.257 e. The van der Waals surface area contributed by atoms with Crippen molar-refractivity contribution in [3.05, 3.63) is 47.0 Å². The molecule has 1 fully saturated rings. The van der Waals surface area contributed by atoms with Gasteiger partial charge in [0, 0.05) is 52.4 Å². The van der Waals surface area contributed by atoms with E-state index in [1.165, 1.54) is 7.11 Å². The molecule has 2 aromatic rings. The van der Waals surface area contributed by atoms with Gasteiger partial charge in [0.05, 0.1) is 36.2 Å². The lowest BCUT2D eigenvalue weighted by molar-refractivity contribution is 0.0773. The Morgan fingerprint density at radius 2 is 1.77 bits per heavy atom. The number of likely N-dealkylation sites (N-methyl/N-ethyl adjacent to an activating group) is 1. The maximum Gasteiger partial charge on any atom is 0.257 e. The van der Waals surface area contributed by atoms with Crippen LogP contribution in [-0.2, 0) is 0 Å². The molecule has 1 aliphatic rings. The molecule has 30 heavy (non-hydrogen) atoms. The van der Waals surface area contributed by atoms with Gasteiger partial charge in [0.15, 0.2) is 0 Å². The number of carbonyl (C=O) groups is 1. The predicted octanol–water partition coefficient (Wildman–Crippen LogP) is 2.83. The van der Waals surface area contributed by atoms with E-state index in [4.69, 9.17) is 26.8 Å². The van der Waals surface area contributed by atoms with Crippen molar-refractivity contribution in [2.24, 2.45) is 0 Å². The highest BCUT2D eigenvalue weighted by molar-refractivity contribution is 6.33. The van der Waals surface area contributed by atoms with Crippen LogP contribution in [0.15, 0.2) is 36.4 Å². The molecule has 3 rings (SSSR count). The lowest BCUT2D eigenvalue weighted by Gasteiger charge is -2.37. The molecule has 0 saturated carbocycles. The van der Waals surface area contributed by atoms with Gasteiger partial charge in [-0.05, 0) is 18.2 Å². The summed E-state index contributed by atoms with van der Waals surface area (Å²) in [5.74, 6) is 1.19. The fourth-order valence-corrected chi connectivity index (χ4v) is 3.77. The normalized spacial score (nSPS) is 14.5. The summed E-state index contributed by atoms with van der Waals surface area (Å²) in [6, 6.07) is 11.2. The van der Waals surface area contributed by atoms with Crippen molar-refractivity contribution in [3.8, 4) is 11.5 Å². The van der Waals surface area contributed by atoms with Gasteiger partial charge < -0.3 is 25.0 Å². The summed E-state index contributed by atoms with van der Waals surface area (Å²) in [6.07, 6.45) is 0. The number of anilines is 2. The average Bonchev–Trinajstić information content (AvgIpc) is 2.78. The number of piperazine rings is 1. The standard InChI is InChI=1S/C22H29ClN4O3/c1-25(22(28)16-14-17(23)18(24)15-21(16)30-3)8-9-26-10-12-27(13-11-26)19-6-4-5-7-20(19)29-2/h4-7,14-15H,8-13,24H2,1-3H3. The zero-order chi connectivity index (χ0) is 21.7. The molecule has 0 aliphatic carbocycles. The van der Waals surface area contributed by atoms with E-state index in [1.54, 1.807) is 31.2 Å². The molecular weight excluding hydrogens is 404 g/mol. The minimum atomic E-state index is -0.138. The lowest BCUT2D eigenvalue weighted by atomic mass is 10.1. The molecular formula is C22H29ClN4O3. The van der Waals surface area contributed by atoms with Gasteiger partial charge in [0.1, 0.15) is 11.5 Å². The first-order valence-corrected chi connectivity index (χ1v) is 10.3. The lowest BCUT2D eigenvalue weighted by Crippen LogP contribution is -2.48. The Morgan fingerprint density at radius 3 is 2.43 bits per heavy atom. The van der Waals surface area contributed by atoms with E-state index in [0.717, 1.165) is 44.2 Å². The third-order valence-electron chi connectivity index (χ3n) is 5.45. The molecule has 8 heteroatoms. The van der Waals surface area contributed by atoms with Crippen LogP contribution in [0.1, 0.15) is 10.4 Å². The number of nitrogens with zero attached hydrogens (tertiary/aromatic N) is 3. The third kappa shape index (κ3) is 4.91. The number of hydrogen-bond acceptors (Lipinski definition) is 6. The first-order chi connectivity index (χ1) is 14.4. The second kappa shape index (κ2) is 9.91. The van der Waals surface area contributed by atoms with Crippen LogP contribution in [0.3, 0.4) is 0 Å². The van der Waals surface area contributed by atoms with Crippen molar-refractivity contribution in [3.63, 3.8) is 0 Å². The van der Waals surface area contributed by atoms with Crippen LogP contribution in [0.4, 0.5) is 11.4 Å². The van der Waals surface area contributed by atoms with E-state index in [-0.39, 0.29) is 5.91 Å². The number of ether oxygens (including phenoxy) is 2. The van der Waals surface area contributed by atoms with E-state index >= 15 is 0 Å². The van der Waals surface area contributed by atoms with Crippen LogP contribution >= 0.6 is 11.6 Å². The molecule has 1 aliphatic heterocycles. The maximum absolute atomic E-state index is 12.9. The number of hydrogen-bond donors (Lipinski definition) is 1. The number of halogens is 1. The number of benzene rings is 2. The molecule has 0 spiro atoms. The van der Waals surface area contributed by atoms with E-state index < -0.39 is 0 Å². The Morgan fingerprint density at radius 1 is 1.10 bits per heavy atom. The zero-order valence-corrected chi connectivity index (χ0v) is 18.5. The van der Waals surface area contributed by atoms with Gasteiger partial charge in [-0.1, -0.05) is 23.7 Å². The summed E-state index contributed by atoms with van der Waals surface area (Å²) in [5.41, 5.74) is 7.74. The van der Waals surface area contributed by atoms with E-state index in [0.29, 0.717) is 28.6 Å². The van der Waals surface area contributed by atoms with Crippen LogP contribution in [0, 0.1) is 0 Å². The van der Waals surface area contributed by atoms with Gasteiger partial charge >= 0.3 is 0 Å². The fourth-order valence-electron chi connectivity index (χ4n) is 3.61. The van der Waals surface area contributed by atoms with Crippen molar-refractivity contribution < 1.29 is 14.3 Å². The van der Waals surface area contributed by atoms with Gasteiger partial charge in [-0.3, -0.25) is 9.69 Å². The molecule has 0 radical (unpaired) electrons. The quantitative estimate of drug-likeness (QED) is 0.678. The van der Waals surface area contributed by atoms with Gasteiger partial charge in [-0.2, -0.15) is 0 Å². The molecule has 1 heterocycles. The zero-order valence-electron chi connectivity index (χ0n) is 17.7. The second-order valence-electron chi connectivity index (χ2n) is 7.30. The monoisotopic (exact) mass is 432 g/mol. The Hall–Kier alpha value is -2.64. The highest BCUT2D eigenvalue weighted by Crippen LogP contribution is 2.30. The number of para-hydroxylation sites is 2. The SMILES string of the molecule is COc1cc(N)c(Cl)cc1C(=O)N(C)CCN1CCN(c2ccccc2OC)CC1. The molecule has 0 unspecified atom stereocenters. The highest BCUT2D eigenvalue weighted by atomic mass is 35.5. The summed E-state index contributed by atoms with van der Waals surface area (Å²) in [6.45, 7) is 5.10. The van der Waals surface area contributed by atoms with Crippen LogP contribution < -0.4 is 20.1 Å². The number of carbonyl (C=O) groups excluding carboxylic acids is 1. The van der Waals surface area contributed by atoms with Gasteiger partial charge in [-0.25, -0.2) is 0 Å². The Bertz CT molecular complexity index is 885. The Balaban J connectivity index is 1.54. The van der Waals surface area contributed by atoms with Crippen molar-refractivity contribution >= 4 is 28.9 Å². The number of nitrogen functional groups attached to an aromatic ring is 1. The van der Waals surface area contributed by atoms with Crippen molar-refractivity contribution in [1.82, 2.24) is 9.80 Å². The van der Waals surface area contributed by atoms with E-state index in [1.807, 2.05) is 18.2 Å². The van der Waals surface area contributed by atoms with Crippen molar-refractivity contribution in [1.29, 1.82) is 0 Å². The van der Waals surface area contributed by atoms with E-state index in [2.05, 4.69) is 15.9 Å². The number of rotatable bonds is 7.